The van der Waals surface area contributed by atoms with Gasteiger partial charge in [0, 0.05) is 36.6 Å². The smallest absolute Gasteiger partial charge is 0.239 e. The molecule has 3 unspecified atom stereocenters. The third kappa shape index (κ3) is 4.16. The number of aliphatic imine (C=N–C) groups is 1. The van der Waals surface area contributed by atoms with Gasteiger partial charge in [0.15, 0.2) is 5.96 Å². The van der Waals surface area contributed by atoms with Crippen LogP contribution < -0.4 is 16.0 Å². The van der Waals surface area contributed by atoms with Crippen molar-refractivity contribution in [3.63, 3.8) is 0 Å². The zero-order valence-corrected chi connectivity index (χ0v) is 15.3. The van der Waals surface area contributed by atoms with E-state index in [1.807, 2.05) is 20.8 Å². The topological polar surface area (TPSA) is 74.8 Å². The molecular formula is C17H32N4O2. The third-order valence-electron chi connectivity index (χ3n) is 4.78. The molecule has 0 aromatic heterocycles. The molecule has 1 heterocycles. The Kier molecular flexibility index (Phi) is 5.23. The van der Waals surface area contributed by atoms with E-state index in [4.69, 9.17) is 4.74 Å². The van der Waals surface area contributed by atoms with Gasteiger partial charge in [0.2, 0.25) is 5.91 Å². The van der Waals surface area contributed by atoms with E-state index >= 15 is 0 Å². The molecule has 1 aliphatic carbocycles. The fraction of sp³-hybridized carbons (Fsp3) is 0.882. The first kappa shape index (κ1) is 18.0. The molecule has 2 fully saturated rings. The number of nitrogens with zero attached hydrogens (tertiary/aromatic N) is 1. The van der Waals surface area contributed by atoms with Crippen molar-refractivity contribution in [1.29, 1.82) is 0 Å². The van der Waals surface area contributed by atoms with Gasteiger partial charge in [-0.2, -0.15) is 0 Å². The first-order valence-corrected chi connectivity index (χ1v) is 8.55. The van der Waals surface area contributed by atoms with Gasteiger partial charge in [0.25, 0.3) is 0 Å². The van der Waals surface area contributed by atoms with Gasteiger partial charge in [0.05, 0.1) is 12.6 Å². The largest absolute Gasteiger partial charge is 0.377 e. The number of rotatable bonds is 3. The minimum Gasteiger partial charge on any atom is -0.377 e. The predicted molar refractivity (Wildman–Crippen MR) is 92.4 cm³/mol. The Morgan fingerprint density at radius 3 is 2.65 bits per heavy atom. The van der Waals surface area contributed by atoms with Crippen LogP contribution in [0.4, 0.5) is 0 Å². The number of carbonyl (C=O) groups is 1. The Labute approximate surface area is 139 Å². The first-order valence-electron chi connectivity index (χ1n) is 8.55. The Hall–Kier alpha value is -1.30. The molecule has 6 nitrogen and oxygen atoms in total. The summed E-state index contributed by atoms with van der Waals surface area (Å²) in [4.78, 5) is 16.2. The molecule has 1 aliphatic heterocycles. The van der Waals surface area contributed by atoms with Gasteiger partial charge in [0.1, 0.15) is 0 Å². The van der Waals surface area contributed by atoms with E-state index in [1.54, 1.807) is 7.05 Å². The number of carbonyl (C=O) groups excluding carboxylic acids is 1. The van der Waals surface area contributed by atoms with Gasteiger partial charge in [-0.25, -0.2) is 0 Å². The zero-order valence-electron chi connectivity index (χ0n) is 15.3. The fourth-order valence-corrected chi connectivity index (χ4v) is 3.78. The highest BCUT2D eigenvalue weighted by molar-refractivity contribution is 5.86. The van der Waals surface area contributed by atoms with E-state index in [0.717, 1.165) is 13.0 Å². The lowest BCUT2D eigenvalue weighted by molar-refractivity contribution is -0.188. The molecule has 0 spiro atoms. The molecule has 0 aromatic rings. The Balaban J connectivity index is 1.87. The lowest BCUT2D eigenvalue weighted by Crippen LogP contribution is -2.71. The van der Waals surface area contributed by atoms with Crippen LogP contribution in [0.25, 0.3) is 0 Å². The molecule has 3 N–H and O–H groups in total. The lowest BCUT2D eigenvalue weighted by atomic mass is 9.55. The molecule has 3 atom stereocenters. The fourth-order valence-electron chi connectivity index (χ4n) is 3.78. The van der Waals surface area contributed by atoms with Crippen molar-refractivity contribution in [3.05, 3.63) is 0 Å². The summed E-state index contributed by atoms with van der Waals surface area (Å²) in [7, 11) is 1.73. The van der Waals surface area contributed by atoms with E-state index in [-0.39, 0.29) is 23.4 Å². The summed E-state index contributed by atoms with van der Waals surface area (Å²) in [6.07, 6.45) is 2.64. The normalized spacial score (nSPS) is 30.0. The van der Waals surface area contributed by atoms with Crippen LogP contribution in [0.15, 0.2) is 4.99 Å². The molecule has 1 amide bonds. The second-order valence-electron chi connectivity index (χ2n) is 8.26. The van der Waals surface area contributed by atoms with Crippen molar-refractivity contribution in [2.24, 2.45) is 16.3 Å². The van der Waals surface area contributed by atoms with Gasteiger partial charge in [-0.3, -0.25) is 9.79 Å². The number of ether oxygens (including phenoxy) is 1. The summed E-state index contributed by atoms with van der Waals surface area (Å²) in [5.74, 6) is 1.17. The zero-order chi connectivity index (χ0) is 17.3. The minimum atomic E-state index is -0.224. The highest BCUT2D eigenvalue weighted by atomic mass is 16.5. The number of fused-ring (bicyclic) bond motifs is 1. The van der Waals surface area contributed by atoms with Crippen molar-refractivity contribution in [2.45, 2.75) is 65.1 Å². The second kappa shape index (κ2) is 6.67. The summed E-state index contributed by atoms with van der Waals surface area (Å²) < 4.78 is 5.93. The standard InChI is InChI=1S/C17H32N4O2/c1-16(2,3)21-12(22)10-19-15(18-6)20-13-11-8-7-9-23-14(11)17(13,4)5/h11,13-14H,7-10H2,1-6H3,(H,21,22)(H2,18,19,20). The van der Waals surface area contributed by atoms with Gasteiger partial charge < -0.3 is 20.7 Å². The van der Waals surface area contributed by atoms with Crippen LogP contribution in [0, 0.1) is 11.3 Å². The highest BCUT2D eigenvalue weighted by Crippen LogP contribution is 2.51. The van der Waals surface area contributed by atoms with Gasteiger partial charge in [-0.1, -0.05) is 13.8 Å². The molecule has 0 aromatic carbocycles. The monoisotopic (exact) mass is 324 g/mol. The summed E-state index contributed by atoms with van der Waals surface area (Å²) in [5.41, 5.74) is -0.144. The van der Waals surface area contributed by atoms with Crippen molar-refractivity contribution in [1.82, 2.24) is 16.0 Å². The molecule has 0 radical (unpaired) electrons. The molecular weight excluding hydrogens is 292 g/mol. The van der Waals surface area contributed by atoms with Crippen molar-refractivity contribution >= 4 is 11.9 Å². The number of guanidine groups is 1. The van der Waals surface area contributed by atoms with E-state index in [9.17, 15) is 4.79 Å². The van der Waals surface area contributed by atoms with E-state index in [2.05, 4.69) is 34.8 Å². The Morgan fingerprint density at radius 2 is 2.04 bits per heavy atom. The second-order valence-corrected chi connectivity index (χ2v) is 8.26. The summed E-state index contributed by atoms with van der Waals surface area (Å²) in [6.45, 7) is 11.5. The summed E-state index contributed by atoms with van der Waals surface area (Å²) in [5, 5.41) is 9.54. The average Bonchev–Trinajstić information content (AvgIpc) is 2.45. The van der Waals surface area contributed by atoms with E-state index in [1.165, 1.54) is 6.42 Å². The lowest BCUT2D eigenvalue weighted by Gasteiger charge is -2.60. The molecule has 132 valence electrons. The Bertz CT molecular complexity index is 468. The molecule has 2 rings (SSSR count). The van der Waals surface area contributed by atoms with Crippen LogP contribution >= 0.6 is 0 Å². The SMILES string of the molecule is CN=C(NCC(=O)NC(C)(C)C)NC1C2CCCOC2C1(C)C. The maximum absolute atomic E-state index is 11.9. The van der Waals surface area contributed by atoms with Crippen LogP contribution in [0.5, 0.6) is 0 Å². The number of hydrogen-bond donors (Lipinski definition) is 3. The maximum Gasteiger partial charge on any atom is 0.239 e. The van der Waals surface area contributed by atoms with Crippen LogP contribution in [-0.2, 0) is 9.53 Å². The summed E-state index contributed by atoms with van der Waals surface area (Å²) >= 11 is 0. The molecule has 0 bridgehead atoms. The first-order chi connectivity index (χ1) is 10.6. The Morgan fingerprint density at radius 1 is 1.35 bits per heavy atom. The minimum absolute atomic E-state index is 0.0350. The van der Waals surface area contributed by atoms with Gasteiger partial charge >= 0.3 is 0 Å². The average molecular weight is 324 g/mol. The molecule has 1 saturated carbocycles. The number of amides is 1. The van der Waals surface area contributed by atoms with E-state index < -0.39 is 0 Å². The van der Waals surface area contributed by atoms with Crippen molar-refractivity contribution in [2.75, 3.05) is 20.2 Å². The maximum atomic E-state index is 11.9. The number of nitrogens with one attached hydrogen (secondary N) is 3. The quantitative estimate of drug-likeness (QED) is 0.540. The van der Waals surface area contributed by atoms with Crippen molar-refractivity contribution in [3.8, 4) is 0 Å². The van der Waals surface area contributed by atoms with Crippen LogP contribution in [0.3, 0.4) is 0 Å². The third-order valence-corrected chi connectivity index (χ3v) is 4.78. The predicted octanol–water partition coefficient (Wildman–Crippen LogP) is 1.27. The van der Waals surface area contributed by atoms with Crippen LogP contribution in [0.1, 0.15) is 47.5 Å². The van der Waals surface area contributed by atoms with Gasteiger partial charge in [-0.05, 0) is 33.6 Å². The van der Waals surface area contributed by atoms with Crippen LogP contribution in [-0.4, -0.2) is 49.8 Å². The van der Waals surface area contributed by atoms with Crippen LogP contribution in [0.2, 0.25) is 0 Å². The van der Waals surface area contributed by atoms with Gasteiger partial charge in [-0.15, -0.1) is 0 Å². The molecule has 6 heteroatoms. The highest BCUT2D eigenvalue weighted by Gasteiger charge is 2.58. The molecule has 2 aliphatic rings. The molecule has 23 heavy (non-hydrogen) atoms. The van der Waals surface area contributed by atoms with Crippen molar-refractivity contribution < 1.29 is 9.53 Å². The number of hydrogen-bond acceptors (Lipinski definition) is 3. The van der Waals surface area contributed by atoms with E-state index in [0.29, 0.717) is 24.0 Å². The molecule has 1 saturated heterocycles. The summed E-state index contributed by atoms with van der Waals surface area (Å²) in [6, 6.07) is 0.324.